The number of fused-ring (bicyclic) bond motifs is 1. The molecule has 126 valence electrons. The van der Waals surface area contributed by atoms with Gasteiger partial charge in [0.1, 0.15) is 18.2 Å². The highest BCUT2D eigenvalue weighted by atomic mass is 19.4. The number of aromatic nitrogens is 2. The van der Waals surface area contributed by atoms with Crippen molar-refractivity contribution in [1.29, 1.82) is 0 Å². The maximum absolute atomic E-state index is 12.4. The van der Waals surface area contributed by atoms with Crippen LogP contribution >= 0.6 is 0 Å². The predicted molar refractivity (Wildman–Crippen MR) is 82.7 cm³/mol. The first-order valence-corrected chi connectivity index (χ1v) is 7.30. The Morgan fingerprint density at radius 1 is 1.04 bits per heavy atom. The van der Waals surface area contributed by atoms with Crippen LogP contribution in [-0.2, 0) is 13.2 Å². The quantitative estimate of drug-likeness (QED) is 0.775. The molecule has 0 aliphatic carbocycles. The van der Waals surface area contributed by atoms with E-state index in [2.05, 4.69) is 4.98 Å². The zero-order valence-corrected chi connectivity index (χ0v) is 12.6. The van der Waals surface area contributed by atoms with Gasteiger partial charge in [-0.1, -0.05) is 30.3 Å². The number of hydrogen-bond acceptors (Lipinski definition) is 3. The number of aliphatic hydroxyl groups is 1. The van der Waals surface area contributed by atoms with E-state index in [-0.39, 0.29) is 18.9 Å². The Labute approximate surface area is 136 Å². The number of ether oxygens (including phenoxy) is 1. The molecule has 0 fully saturated rings. The molecular weight excluding hydrogens is 321 g/mol. The maximum Gasteiger partial charge on any atom is 0.422 e. The lowest BCUT2D eigenvalue weighted by Gasteiger charge is -2.14. The Morgan fingerprint density at radius 2 is 1.75 bits per heavy atom. The average Bonchev–Trinajstić information content (AvgIpc) is 2.91. The maximum atomic E-state index is 12.4. The Bertz CT molecular complexity index is 843. The van der Waals surface area contributed by atoms with Crippen molar-refractivity contribution in [2.75, 3.05) is 6.61 Å². The zero-order valence-electron chi connectivity index (χ0n) is 12.6. The van der Waals surface area contributed by atoms with Gasteiger partial charge in [-0.05, 0) is 18.2 Å². The number of para-hydroxylation sites is 3. The SMILES string of the molecule is OCc1nc2ccccc2n1Cc1ccccc1OCC(F)(F)F. The highest BCUT2D eigenvalue weighted by molar-refractivity contribution is 5.76. The zero-order chi connectivity index (χ0) is 17.2. The highest BCUT2D eigenvalue weighted by Gasteiger charge is 2.28. The molecule has 3 aromatic rings. The molecule has 1 heterocycles. The lowest BCUT2D eigenvalue weighted by molar-refractivity contribution is -0.153. The second-order valence-corrected chi connectivity index (χ2v) is 5.27. The fourth-order valence-corrected chi connectivity index (χ4v) is 2.53. The first-order chi connectivity index (χ1) is 11.5. The van der Waals surface area contributed by atoms with Crippen LogP contribution in [0.1, 0.15) is 11.4 Å². The number of imidazole rings is 1. The number of alkyl halides is 3. The third-order valence-corrected chi connectivity index (χ3v) is 3.57. The molecule has 0 aliphatic rings. The van der Waals surface area contributed by atoms with Crippen LogP contribution in [0.25, 0.3) is 11.0 Å². The van der Waals surface area contributed by atoms with Gasteiger partial charge in [0.05, 0.1) is 17.6 Å². The molecule has 0 spiro atoms. The summed E-state index contributed by atoms with van der Waals surface area (Å²) < 4.78 is 43.9. The molecular formula is C17H15F3N2O2. The predicted octanol–water partition coefficient (Wildman–Crippen LogP) is 3.52. The number of benzene rings is 2. The summed E-state index contributed by atoms with van der Waals surface area (Å²) in [7, 11) is 0. The largest absolute Gasteiger partial charge is 0.484 e. The molecule has 2 aromatic carbocycles. The lowest BCUT2D eigenvalue weighted by Crippen LogP contribution is -2.20. The molecule has 7 heteroatoms. The molecule has 0 radical (unpaired) electrons. The van der Waals surface area contributed by atoms with E-state index in [9.17, 15) is 18.3 Å². The smallest absolute Gasteiger partial charge is 0.422 e. The average molecular weight is 336 g/mol. The second-order valence-electron chi connectivity index (χ2n) is 5.27. The van der Waals surface area contributed by atoms with Crippen LogP contribution in [0, 0.1) is 0 Å². The van der Waals surface area contributed by atoms with Crippen LogP contribution in [0.15, 0.2) is 48.5 Å². The molecule has 0 aliphatic heterocycles. The molecule has 3 rings (SSSR count). The third-order valence-electron chi connectivity index (χ3n) is 3.57. The Balaban J connectivity index is 1.94. The minimum Gasteiger partial charge on any atom is -0.484 e. The Hall–Kier alpha value is -2.54. The molecule has 0 saturated carbocycles. The van der Waals surface area contributed by atoms with E-state index in [1.165, 1.54) is 6.07 Å². The van der Waals surface area contributed by atoms with Gasteiger partial charge in [0.2, 0.25) is 0 Å². The van der Waals surface area contributed by atoms with E-state index < -0.39 is 12.8 Å². The minimum absolute atomic E-state index is 0.163. The van der Waals surface area contributed by atoms with Gasteiger partial charge in [0.15, 0.2) is 6.61 Å². The van der Waals surface area contributed by atoms with Crippen LogP contribution < -0.4 is 4.74 Å². The van der Waals surface area contributed by atoms with Crippen molar-refractivity contribution in [2.24, 2.45) is 0 Å². The van der Waals surface area contributed by atoms with Gasteiger partial charge < -0.3 is 14.4 Å². The van der Waals surface area contributed by atoms with Crippen LogP contribution in [0.3, 0.4) is 0 Å². The minimum atomic E-state index is -4.40. The van der Waals surface area contributed by atoms with Gasteiger partial charge in [-0.25, -0.2) is 4.98 Å². The molecule has 1 aromatic heterocycles. The van der Waals surface area contributed by atoms with Crippen LogP contribution in [0.4, 0.5) is 13.2 Å². The van der Waals surface area contributed by atoms with Crippen molar-refractivity contribution >= 4 is 11.0 Å². The second kappa shape index (κ2) is 6.52. The lowest BCUT2D eigenvalue weighted by atomic mass is 10.2. The standard InChI is InChI=1S/C17H15F3N2O2/c18-17(19,20)11-24-15-8-4-1-5-12(15)9-22-14-7-3-2-6-13(14)21-16(22)10-23/h1-8,23H,9-11H2. The van der Waals surface area contributed by atoms with E-state index >= 15 is 0 Å². The summed E-state index contributed by atoms with van der Waals surface area (Å²) in [6.45, 7) is -1.35. The third kappa shape index (κ3) is 3.51. The fourth-order valence-electron chi connectivity index (χ4n) is 2.53. The molecule has 0 amide bonds. The number of rotatable bonds is 5. The first-order valence-electron chi connectivity index (χ1n) is 7.30. The Kier molecular flexibility index (Phi) is 4.44. The number of aliphatic hydroxyl groups excluding tert-OH is 1. The van der Waals surface area contributed by atoms with Crippen LogP contribution in [0.5, 0.6) is 5.75 Å². The summed E-state index contributed by atoms with van der Waals surface area (Å²) in [6.07, 6.45) is -4.40. The van der Waals surface area contributed by atoms with E-state index in [4.69, 9.17) is 4.74 Å². The van der Waals surface area contributed by atoms with Crippen molar-refractivity contribution in [3.8, 4) is 5.75 Å². The van der Waals surface area contributed by atoms with Crippen LogP contribution in [0.2, 0.25) is 0 Å². The Morgan fingerprint density at radius 3 is 2.50 bits per heavy atom. The van der Waals surface area contributed by atoms with Gasteiger partial charge in [-0.3, -0.25) is 0 Å². The van der Waals surface area contributed by atoms with Crippen LogP contribution in [-0.4, -0.2) is 27.4 Å². The van der Waals surface area contributed by atoms with Crippen molar-refractivity contribution < 1.29 is 23.0 Å². The van der Waals surface area contributed by atoms with Gasteiger partial charge in [0.25, 0.3) is 0 Å². The monoisotopic (exact) mass is 336 g/mol. The molecule has 0 unspecified atom stereocenters. The topological polar surface area (TPSA) is 47.3 Å². The molecule has 0 atom stereocenters. The summed E-state index contributed by atoms with van der Waals surface area (Å²) in [5, 5.41) is 9.51. The molecule has 4 nitrogen and oxygen atoms in total. The molecule has 1 N–H and O–H groups in total. The van der Waals surface area contributed by atoms with E-state index in [0.29, 0.717) is 11.4 Å². The summed E-state index contributed by atoms with van der Waals surface area (Å²) in [4.78, 5) is 4.33. The summed E-state index contributed by atoms with van der Waals surface area (Å²) in [5.41, 5.74) is 2.10. The summed E-state index contributed by atoms with van der Waals surface area (Å²) >= 11 is 0. The number of nitrogens with zero attached hydrogens (tertiary/aromatic N) is 2. The first kappa shape index (κ1) is 16.3. The molecule has 24 heavy (non-hydrogen) atoms. The highest BCUT2D eigenvalue weighted by Crippen LogP contribution is 2.25. The normalized spacial score (nSPS) is 11.8. The van der Waals surface area contributed by atoms with Gasteiger partial charge in [0, 0.05) is 5.56 Å². The summed E-state index contributed by atoms with van der Waals surface area (Å²) in [5.74, 6) is 0.610. The molecule has 0 bridgehead atoms. The number of hydrogen-bond donors (Lipinski definition) is 1. The van der Waals surface area contributed by atoms with E-state index in [0.717, 1.165) is 11.0 Å². The van der Waals surface area contributed by atoms with E-state index in [1.54, 1.807) is 22.8 Å². The van der Waals surface area contributed by atoms with Crippen molar-refractivity contribution in [1.82, 2.24) is 9.55 Å². The van der Waals surface area contributed by atoms with Crippen molar-refractivity contribution in [3.05, 3.63) is 59.9 Å². The van der Waals surface area contributed by atoms with Gasteiger partial charge >= 0.3 is 6.18 Å². The van der Waals surface area contributed by atoms with Gasteiger partial charge in [-0.2, -0.15) is 13.2 Å². The molecule has 0 saturated heterocycles. The number of halogens is 3. The fraction of sp³-hybridized carbons (Fsp3) is 0.235. The van der Waals surface area contributed by atoms with Crippen molar-refractivity contribution in [2.45, 2.75) is 19.3 Å². The van der Waals surface area contributed by atoms with E-state index in [1.807, 2.05) is 24.3 Å². The van der Waals surface area contributed by atoms with Crippen molar-refractivity contribution in [3.63, 3.8) is 0 Å². The summed E-state index contributed by atoms with van der Waals surface area (Å²) in [6, 6.07) is 13.9. The van der Waals surface area contributed by atoms with Gasteiger partial charge in [-0.15, -0.1) is 0 Å².